The molecule has 0 aromatic carbocycles. The Labute approximate surface area is 88.1 Å². The van der Waals surface area contributed by atoms with Gasteiger partial charge in [-0.3, -0.25) is 4.90 Å². The van der Waals surface area contributed by atoms with Crippen LogP contribution in [0.15, 0.2) is 0 Å². The predicted octanol–water partition coefficient (Wildman–Crippen LogP) is 1.47. The average molecular weight is 194 g/mol. The number of nitrogens with one attached hydrogen (secondary N) is 1. The third kappa shape index (κ3) is 3.01. The summed E-state index contributed by atoms with van der Waals surface area (Å²) in [4.78, 5) is 2.55. The molecule has 0 amide bonds. The highest BCUT2D eigenvalue weighted by atomic mass is 15.2. The highest BCUT2D eigenvalue weighted by molar-refractivity contribution is 4.91. The van der Waals surface area contributed by atoms with Gasteiger partial charge in [0.05, 0.1) is 0 Å². The van der Waals surface area contributed by atoms with Crippen LogP contribution in [0.5, 0.6) is 0 Å². The topological polar surface area (TPSA) is 15.3 Å². The van der Waals surface area contributed by atoms with Crippen molar-refractivity contribution in [2.24, 2.45) is 0 Å². The zero-order valence-corrected chi connectivity index (χ0v) is 9.42. The molecule has 80 valence electrons. The van der Waals surface area contributed by atoms with Crippen LogP contribution in [-0.4, -0.2) is 37.1 Å². The van der Waals surface area contributed by atoms with Gasteiger partial charge in [-0.05, 0) is 39.4 Å². The SMILES string of the molecule is C#CCC(CC)N1CCC(NC)CC1. The molecule has 1 fully saturated rings. The molecular formula is C12H22N2. The van der Waals surface area contributed by atoms with Gasteiger partial charge in [0.1, 0.15) is 0 Å². The van der Waals surface area contributed by atoms with Crippen molar-refractivity contribution in [3.63, 3.8) is 0 Å². The molecule has 0 radical (unpaired) electrons. The first kappa shape index (κ1) is 11.6. The molecule has 0 spiro atoms. The largest absolute Gasteiger partial charge is 0.317 e. The van der Waals surface area contributed by atoms with Crippen LogP contribution in [0.25, 0.3) is 0 Å². The second kappa shape index (κ2) is 6.06. The van der Waals surface area contributed by atoms with E-state index in [1.165, 1.54) is 32.4 Å². The highest BCUT2D eigenvalue weighted by Crippen LogP contribution is 2.16. The molecule has 1 atom stereocenters. The lowest BCUT2D eigenvalue weighted by Crippen LogP contribution is -2.45. The molecule has 0 bridgehead atoms. The molecule has 0 aromatic rings. The van der Waals surface area contributed by atoms with Crippen LogP contribution < -0.4 is 5.32 Å². The van der Waals surface area contributed by atoms with E-state index in [0.29, 0.717) is 6.04 Å². The van der Waals surface area contributed by atoms with Crippen molar-refractivity contribution in [3.8, 4) is 12.3 Å². The van der Waals surface area contributed by atoms with Gasteiger partial charge in [0.15, 0.2) is 0 Å². The van der Waals surface area contributed by atoms with E-state index in [0.717, 1.165) is 12.5 Å². The van der Waals surface area contributed by atoms with Crippen LogP contribution in [0, 0.1) is 12.3 Å². The van der Waals surface area contributed by atoms with Gasteiger partial charge >= 0.3 is 0 Å². The fourth-order valence-corrected chi connectivity index (χ4v) is 2.22. The smallest absolute Gasteiger partial charge is 0.0242 e. The first-order chi connectivity index (χ1) is 6.81. The van der Waals surface area contributed by atoms with Crippen molar-refractivity contribution in [1.29, 1.82) is 0 Å². The molecule has 1 aliphatic heterocycles. The van der Waals surface area contributed by atoms with E-state index < -0.39 is 0 Å². The van der Waals surface area contributed by atoms with Gasteiger partial charge < -0.3 is 5.32 Å². The van der Waals surface area contributed by atoms with E-state index in [4.69, 9.17) is 6.42 Å². The number of hydrogen-bond donors (Lipinski definition) is 1. The third-order valence-corrected chi connectivity index (χ3v) is 3.28. The number of nitrogens with zero attached hydrogens (tertiary/aromatic N) is 1. The maximum Gasteiger partial charge on any atom is 0.0242 e. The minimum absolute atomic E-state index is 0.609. The molecule has 1 rings (SSSR count). The molecule has 1 aliphatic rings. The lowest BCUT2D eigenvalue weighted by molar-refractivity contribution is 0.144. The summed E-state index contributed by atoms with van der Waals surface area (Å²) in [5.41, 5.74) is 0. The van der Waals surface area contributed by atoms with Crippen LogP contribution in [0.4, 0.5) is 0 Å². The standard InChI is InChI=1S/C12H22N2/c1-4-6-12(5-2)14-9-7-11(13-3)8-10-14/h1,11-13H,5-10H2,2-3H3. The molecular weight excluding hydrogens is 172 g/mol. The predicted molar refractivity (Wildman–Crippen MR) is 61.2 cm³/mol. The van der Waals surface area contributed by atoms with Crippen molar-refractivity contribution in [2.45, 2.75) is 44.7 Å². The zero-order chi connectivity index (χ0) is 10.4. The summed E-state index contributed by atoms with van der Waals surface area (Å²) in [6, 6.07) is 1.33. The highest BCUT2D eigenvalue weighted by Gasteiger charge is 2.22. The van der Waals surface area contributed by atoms with Crippen molar-refractivity contribution in [2.75, 3.05) is 20.1 Å². The van der Waals surface area contributed by atoms with E-state index >= 15 is 0 Å². The van der Waals surface area contributed by atoms with Crippen LogP contribution in [-0.2, 0) is 0 Å². The molecule has 1 N–H and O–H groups in total. The van der Waals surface area contributed by atoms with Gasteiger partial charge in [-0.25, -0.2) is 0 Å². The Balaban J connectivity index is 2.36. The minimum atomic E-state index is 0.609. The Morgan fingerprint density at radius 3 is 2.57 bits per heavy atom. The Hall–Kier alpha value is -0.520. The average Bonchev–Trinajstić information content (AvgIpc) is 2.26. The maximum absolute atomic E-state index is 5.38. The second-order valence-electron chi connectivity index (χ2n) is 4.07. The van der Waals surface area contributed by atoms with E-state index in [1.807, 2.05) is 0 Å². The number of rotatable bonds is 4. The molecule has 0 saturated carbocycles. The van der Waals surface area contributed by atoms with Crippen molar-refractivity contribution < 1.29 is 0 Å². The summed E-state index contributed by atoms with van der Waals surface area (Å²) in [6.45, 7) is 4.63. The molecule has 1 unspecified atom stereocenters. The molecule has 0 aliphatic carbocycles. The van der Waals surface area contributed by atoms with Gasteiger partial charge in [0.25, 0.3) is 0 Å². The number of likely N-dealkylation sites (tertiary alicyclic amines) is 1. The minimum Gasteiger partial charge on any atom is -0.317 e. The van der Waals surface area contributed by atoms with E-state index in [2.05, 4.69) is 30.1 Å². The maximum atomic E-state index is 5.38. The summed E-state index contributed by atoms with van der Waals surface area (Å²) in [5.74, 6) is 2.78. The molecule has 1 saturated heterocycles. The van der Waals surface area contributed by atoms with E-state index in [-0.39, 0.29) is 0 Å². The monoisotopic (exact) mass is 194 g/mol. The first-order valence-electron chi connectivity index (χ1n) is 5.66. The van der Waals surface area contributed by atoms with Gasteiger partial charge in [-0.1, -0.05) is 6.92 Å². The molecule has 2 heteroatoms. The van der Waals surface area contributed by atoms with Gasteiger partial charge in [-0.15, -0.1) is 12.3 Å². The van der Waals surface area contributed by atoms with Gasteiger partial charge in [0.2, 0.25) is 0 Å². The number of terminal acetylenes is 1. The Morgan fingerprint density at radius 1 is 1.50 bits per heavy atom. The van der Waals surface area contributed by atoms with Crippen LogP contribution in [0.1, 0.15) is 32.6 Å². The zero-order valence-electron chi connectivity index (χ0n) is 9.42. The first-order valence-corrected chi connectivity index (χ1v) is 5.66. The summed E-state index contributed by atoms with van der Waals surface area (Å²) < 4.78 is 0. The van der Waals surface area contributed by atoms with Crippen LogP contribution >= 0.6 is 0 Å². The Morgan fingerprint density at radius 2 is 2.14 bits per heavy atom. The lowest BCUT2D eigenvalue weighted by Gasteiger charge is -2.36. The summed E-state index contributed by atoms with van der Waals surface area (Å²) >= 11 is 0. The third-order valence-electron chi connectivity index (χ3n) is 3.28. The van der Waals surface area contributed by atoms with Crippen molar-refractivity contribution >= 4 is 0 Å². The summed E-state index contributed by atoms with van der Waals surface area (Å²) in [7, 11) is 2.05. The van der Waals surface area contributed by atoms with Crippen LogP contribution in [0.3, 0.4) is 0 Å². The summed E-state index contributed by atoms with van der Waals surface area (Å²) in [6.07, 6.45) is 9.98. The lowest BCUT2D eigenvalue weighted by atomic mass is 10.0. The Bertz CT molecular complexity index is 187. The van der Waals surface area contributed by atoms with Crippen molar-refractivity contribution in [3.05, 3.63) is 0 Å². The van der Waals surface area contributed by atoms with Gasteiger partial charge in [-0.2, -0.15) is 0 Å². The number of piperidine rings is 1. The van der Waals surface area contributed by atoms with E-state index in [9.17, 15) is 0 Å². The fourth-order valence-electron chi connectivity index (χ4n) is 2.22. The molecule has 0 aromatic heterocycles. The summed E-state index contributed by atoms with van der Waals surface area (Å²) in [5, 5.41) is 3.35. The number of hydrogen-bond acceptors (Lipinski definition) is 2. The second-order valence-corrected chi connectivity index (χ2v) is 4.07. The van der Waals surface area contributed by atoms with Gasteiger partial charge in [0, 0.05) is 18.5 Å². The van der Waals surface area contributed by atoms with Crippen LogP contribution in [0.2, 0.25) is 0 Å². The molecule has 14 heavy (non-hydrogen) atoms. The molecule has 2 nitrogen and oxygen atoms in total. The van der Waals surface area contributed by atoms with Crippen molar-refractivity contribution in [1.82, 2.24) is 10.2 Å². The van der Waals surface area contributed by atoms with E-state index in [1.54, 1.807) is 0 Å². The normalized spacial score (nSPS) is 21.8. The molecule has 1 heterocycles. The Kier molecular flexibility index (Phi) is 5.00. The quantitative estimate of drug-likeness (QED) is 0.682. The fraction of sp³-hybridized carbons (Fsp3) is 0.833.